The lowest BCUT2D eigenvalue weighted by atomic mass is 10.2. The molecule has 0 aromatic carbocycles. The van der Waals surface area contributed by atoms with Crippen LogP contribution >= 0.6 is 11.8 Å². The van der Waals surface area contributed by atoms with Gasteiger partial charge in [0.1, 0.15) is 11.6 Å². The van der Waals surface area contributed by atoms with E-state index in [2.05, 4.69) is 15.6 Å². The standard InChI is InChI=1S/C11H16F3N3S/c1-7(6-18-3)16-10-5-8(11(12,13)14)4-9(15-2)17-10/h4-5,7H,6H2,1-3H3,(H2,15,16,17). The molecule has 7 heteroatoms. The third-order valence-electron chi connectivity index (χ3n) is 2.22. The summed E-state index contributed by atoms with van der Waals surface area (Å²) in [5, 5.41) is 5.59. The van der Waals surface area contributed by atoms with Crippen LogP contribution in [0, 0.1) is 0 Å². The van der Waals surface area contributed by atoms with Crippen molar-refractivity contribution >= 4 is 23.4 Å². The van der Waals surface area contributed by atoms with Crippen molar-refractivity contribution in [1.82, 2.24) is 4.98 Å². The monoisotopic (exact) mass is 279 g/mol. The van der Waals surface area contributed by atoms with E-state index in [0.717, 1.165) is 17.9 Å². The van der Waals surface area contributed by atoms with Crippen molar-refractivity contribution in [2.24, 2.45) is 0 Å². The minimum Gasteiger partial charge on any atom is -0.373 e. The average Bonchev–Trinajstić information content (AvgIpc) is 2.27. The summed E-state index contributed by atoms with van der Waals surface area (Å²) in [6.07, 6.45) is -2.43. The van der Waals surface area contributed by atoms with Crippen LogP contribution < -0.4 is 10.6 Å². The summed E-state index contributed by atoms with van der Waals surface area (Å²) in [7, 11) is 1.54. The highest BCUT2D eigenvalue weighted by molar-refractivity contribution is 7.98. The van der Waals surface area contributed by atoms with E-state index in [9.17, 15) is 13.2 Å². The van der Waals surface area contributed by atoms with Gasteiger partial charge in [0.05, 0.1) is 5.56 Å². The van der Waals surface area contributed by atoms with Crippen molar-refractivity contribution in [1.29, 1.82) is 0 Å². The molecule has 1 aromatic rings. The number of hydrogen-bond acceptors (Lipinski definition) is 4. The van der Waals surface area contributed by atoms with E-state index in [1.54, 1.807) is 11.8 Å². The van der Waals surface area contributed by atoms with Crippen molar-refractivity contribution < 1.29 is 13.2 Å². The van der Waals surface area contributed by atoms with Crippen molar-refractivity contribution in [3.63, 3.8) is 0 Å². The number of anilines is 2. The quantitative estimate of drug-likeness (QED) is 0.867. The molecule has 0 saturated heterocycles. The van der Waals surface area contributed by atoms with E-state index in [1.807, 2.05) is 13.2 Å². The van der Waals surface area contributed by atoms with E-state index in [1.165, 1.54) is 7.05 Å². The Bertz CT molecular complexity index is 396. The first kappa shape index (κ1) is 14.9. The molecular weight excluding hydrogens is 263 g/mol. The molecular formula is C11H16F3N3S. The summed E-state index contributed by atoms with van der Waals surface area (Å²) in [6, 6.07) is 2.07. The third-order valence-corrected chi connectivity index (χ3v) is 3.05. The number of nitrogens with zero attached hydrogens (tertiary/aromatic N) is 1. The molecule has 0 amide bonds. The Morgan fingerprint density at radius 1 is 1.33 bits per heavy atom. The summed E-state index contributed by atoms with van der Waals surface area (Å²) >= 11 is 1.62. The zero-order chi connectivity index (χ0) is 13.8. The summed E-state index contributed by atoms with van der Waals surface area (Å²) in [5.41, 5.74) is -0.708. The van der Waals surface area contributed by atoms with Gasteiger partial charge in [-0.15, -0.1) is 0 Å². The predicted molar refractivity (Wildman–Crippen MR) is 70.3 cm³/mol. The zero-order valence-corrected chi connectivity index (χ0v) is 11.2. The second-order valence-electron chi connectivity index (χ2n) is 3.87. The Kier molecular flexibility index (Phi) is 5.13. The highest BCUT2D eigenvalue weighted by atomic mass is 32.2. The molecule has 0 spiro atoms. The lowest BCUT2D eigenvalue weighted by molar-refractivity contribution is -0.137. The van der Waals surface area contributed by atoms with Crippen LogP contribution in [0.1, 0.15) is 12.5 Å². The number of nitrogens with one attached hydrogen (secondary N) is 2. The van der Waals surface area contributed by atoms with Gasteiger partial charge < -0.3 is 10.6 Å². The van der Waals surface area contributed by atoms with Gasteiger partial charge in [-0.05, 0) is 25.3 Å². The number of alkyl halides is 3. The molecule has 0 bridgehead atoms. The smallest absolute Gasteiger partial charge is 0.373 e. The zero-order valence-electron chi connectivity index (χ0n) is 10.4. The van der Waals surface area contributed by atoms with Gasteiger partial charge in [0.15, 0.2) is 0 Å². The van der Waals surface area contributed by atoms with Crippen LogP contribution in [0.4, 0.5) is 24.8 Å². The van der Waals surface area contributed by atoms with Gasteiger partial charge >= 0.3 is 6.18 Å². The van der Waals surface area contributed by atoms with Crippen LogP contribution in [0.3, 0.4) is 0 Å². The van der Waals surface area contributed by atoms with Crippen LogP contribution in [-0.4, -0.2) is 30.1 Å². The molecule has 1 rings (SSSR count). The van der Waals surface area contributed by atoms with Crippen LogP contribution in [0.2, 0.25) is 0 Å². The molecule has 0 aliphatic heterocycles. The fraction of sp³-hybridized carbons (Fsp3) is 0.545. The topological polar surface area (TPSA) is 37.0 Å². The predicted octanol–water partition coefficient (Wildman–Crippen LogP) is 3.31. The van der Waals surface area contributed by atoms with E-state index >= 15 is 0 Å². The SMILES string of the molecule is CNc1cc(C(F)(F)F)cc(NC(C)CSC)n1. The Hall–Kier alpha value is -1.11. The molecule has 0 radical (unpaired) electrons. The van der Waals surface area contributed by atoms with Gasteiger partial charge in [-0.1, -0.05) is 0 Å². The number of rotatable bonds is 5. The molecule has 1 atom stereocenters. The number of halogens is 3. The Morgan fingerprint density at radius 2 is 1.94 bits per heavy atom. The first-order valence-electron chi connectivity index (χ1n) is 5.39. The van der Waals surface area contributed by atoms with Crippen molar-refractivity contribution in [2.75, 3.05) is 29.7 Å². The number of thioether (sulfide) groups is 1. The van der Waals surface area contributed by atoms with E-state index in [0.29, 0.717) is 0 Å². The second-order valence-corrected chi connectivity index (χ2v) is 4.79. The Morgan fingerprint density at radius 3 is 2.44 bits per heavy atom. The largest absolute Gasteiger partial charge is 0.416 e. The molecule has 0 saturated carbocycles. The molecule has 102 valence electrons. The fourth-order valence-electron chi connectivity index (χ4n) is 1.44. The van der Waals surface area contributed by atoms with Crippen molar-refractivity contribution in [3.8, 4) is 0 Å². The van der Waals surface area contributed by atoms with Gasteiger partial charge in [0.2, 0.25) is 0 Å². The summed E-state index contributed by atoms with van der Waals surface area (Å²) < 4.78 is 38.0. The van der Waals surface area contributed by atoms with Gasteiger partial charge in [0, 0.05) is 18.8 Å². The molecule has 18 heavy (non-hydrogen) atoms. The number of pyridine rings is 1. The third kappa shape index (κ3) is 4.29. The van der Waals surface area contributed by atoms with E-state index < -0.39 is 11.7 Å². The fourth-order valence-corrected chi connectivity index (χ4v) is 2.02. The molecule has 1 heterocycles. The minimum absolute atomic E-state index is 0.0562. The van der Waals surface area contributed by atoms with Crippen LogP contribution in [0.5, 0.6) is 0 Å². The Labute approximate surface area is 109 Å². The van der Waals surface area contributed by atoms with Crippen molar-refractivity contribution in [2.45, 2.75) is 19.1 Å². The molecule has 0 fully saturated rings. The van der Waals surface area contributed by atoms with Gasteiger partial charge in [-0.3, -0.25) is 0 Å². The highest BCUT2D eigenvalue weighted by Crippen LogP contribution is 2.32. The summed E-state index contributed by atoms with van der Waals surface area (Å²) in [5.74, 6) is 1.23. The second kappa shape index (κ2) is 6.17. The highest BCUT2D eigenvalue weighted by Gasteiger charge is 2.31. The maximum absolute atomic E-state index is 12.7. The summed E-state index contributed by atoms with van der Waals surface area (Å²) in [6.45, 7) is 1.90. The summed E-state index contributed by atoms with van der Waals surface area (Å²) in [4.78, 5) is 4.06. The minimum atomic E-state index is -4.37. The molecule has 1 aromatic heterocycles. The molecule has 3 nitrogen and oxygen atoms in total. The first-order chi connectivity index (χ1) is 8.36. The lowest BCUT2D eigenvalue weighted by Gasteiger charge is -2.16. The Balaban J connectivity index is 2.97. The van der Waals surface area contributed by atoms with E-state index in [4.69, 9.17) is 0 Å². The maximum atomic E-state index is 12.7. The maximum Gasteiger partial charge on any atom is 0.416 e. The van der Waals surface area contributed by atoms with Gasteiger partial charge in [-0.25, -0.2) is 4.98 Å². The normalized spacial score (nSPS) is 13.2. The van der Waals surface area contributed by atoms with Gasteiger partial charge in [0.25, 0.3) is 0 Å². The molecule has 0 aliphatic rings. The van der Waals surface area contributed by atoms with E-state index in [-0.39, 0.29) is 17.7 Å². The molecule has 1 unspecified atom stereocenters. The first-order valence-corrected chi connectivity index (χ1v) is 6.78. The van der Waals surface area contributed by atoms with Crippen LogP contribution in [0.25, 0.3) is 0 Å². The molecule has 2 N–H and O–H groups in total. The van der Waals surface area contributed by atoms with Gasteiger partial charge in [-0.2, -0.15) is 24.9 Å². The number of aromatic nitrogens is 1. The molecule has 0 aliphatic carbocycles. The van der Waals surface area contributed by atoms with Crippen LogP contribution in [0.15, 0.2) is 12.1 Å². The van der Waals surface area contributed by atoms with Crippen molar-refractivity contribution in [3.05, 3.63) is 17.7 Å². The lowest BCUT2D eigenvalue weighted by Crippen LogP contribution is -2.19. The average molecular weight is 279 g/mol. The number of hydrogen-bond donors (Lipinski definition) is 2. The van der Waals surface area contributed by atoms with Crippen LogP contribution in [-0.2, 0) is 6.18 Å².